The molecule has 0 aromatic heterocycles. The van der Waals surface area contributed by atoms with E-state index in [0.717, 1.165) is 18.3 Å². The SMILES string of the molecule is CCOc1ccccc1C1CC(NC)C1CC. The van der Waals surface area contributed by atoms with E-state index in [0.29, 0.717) is 12.0 Å². The van der Waals surface area contributed by atoms with Crippen molar-refractivity contribution in [2.75, 3.05) is 13.7 Å². The van der Waals surface area contributed by atoms with Crippen LogP contribution in [-0.2, 0) is 0 Å². The highest BCUT2D eigenvalue weighted by Crippen LogP contribution is 2.47. The quantitative estimate of drug-likeness (QED) is 0.843. The van der Waals surface area contributed by atoms with Gasteiger partial charge in [-0.05, 0) is 43.9 Å². The van der Waals surface area contributed by atoms with Crippen LogP contribution >= 0.6 is 0 Å². The number of nitrogens with one attached hydrogen (secondary N) is 1. The second kappa shape index (κ2) is 5.54. The molecule has 1 fully saturated rings. The van der Waals surface area contributed by atoms with E-state index in [2.05, 4.69) is 43.6 Å². The van der Waals surface area contributed by atoms with Crippen LogP contribution in [0.2, 0.25) is 0 Å². The molecule has 1 aliphatic rings. The minimum Gasteiger partial charge on any atom is -0.494 e. The molecule has 2 heteroatoms. The highest BCUT2D eigenvalue weighted by Gasteiger charge is 2.40. The lowest BCUT2D eigenvalue weighted by Gasteiger charge is -2.45. The highest BCUT2D eigenvalue weighted by atomic mass is 16.5. The number of para-hydroxylation sites is 1. The van der Waals surface area contributed by atoms with Gasteiger partial charge >= 0.3 is 0 Å². The Morgan fingerprint density at radius 3 is 2.71 bits per heavy atom. The summed E-state index contributed by atoms with van der Waals surface area (Å²) in [5.74, 6) is 2.50. The third-order valence-electron chi connectivity index (χ3n) is 4.00. The van der Waals surface area contributed by atoms with Crippen molar-refractivity contribution in [1.82, 2.24) is 5.32 Å². The minimum absolute atomic E-state index is 0.667. The lowest BCUT2D eigenvalue weighted by molar-refractivity contribution is 0.165. The summed E-state index contributed by atoms with van der Waals surface area (Å²) in [6, 6.07) is 9.18. The van der Waals surface area contributed by atoms with Gasteiger partial charge in [0.25, 0.3) is 0 Å². The highest BCUT2D eigenvalue weighted by molar-refractivity contribution is 5.38. The average Bonchev–Trinajstić information content (AvgIpc) is 2.31. The van der Waals surface area contributed by atoms with Gasteiger partial charge in [-0.25, -0.2) is 0 Å². The van der Waals surface area contributed by atoms with Crippen LogP contribution in [0.3, 0.4) is 0 Å². The fourth-order valence-corrected chi connectivity index (χ4v) is 3.04. The van der Waals surface area contributed by atoms with Crippen molar-refractivity contribution in [2.45, 2.75) is 38.6 Å². The first-order chi connectivity index (χ1) is 8.31. The Morgan fingerprint density at radius 2 is 2.06 bits per heavy atom. The molecule has 3 atom stereocenters. The Balaban J connectivity index is 2.17. The predicted molar refractivity (Wildman–Crippen MR) is 71.6 cm³/mol. The zero-order chi connectivity index (χ0) is 12.3. The van der Waals surface area contributed by atoms with Crippen LogP contribution in [0.4, 0.5) is 0 Å². The first kappa shape index (κ1) is 12.4. The molecule has 2 rings (SSSR count). The monoisotopic (exact) mass is 233 g/mol. The maximum atomic E-state index is 5.74. The third-order valence-corrected chi connectivity index (χ3v) is 4.00. The van der Waals surface area contributed by atoms with Gasteiger partial charge in [0, 0.05) is 6.04 Å². The summed E-state index contributed by atoms with van der Waals surface area (Å²) in [5, 5.41) is 3.41. The van der Waals surface area contributed by atoms with E-state index in [1.54, 1.807) is 0 Å². The van der Waals surface area contributed by atoms with E-state index >= 15 is 0 Å². The van der Waals surface area contributed by atoms with Crippen molar-refractivity contribution in [3.05, 3.63) is 29.8 Å². The molecule has 1 N–H and O–H groups in total. The first-order valence-corrected chi connectivity index (χ1v) is 6.70. The lowest BCUT2D eigenvalue weighted by Crippen LogP contribution is -2.47. The van der Waals surface area contributed by atoms with Crippen LogP contribution in [0, 0.1) is 5.92 Å². The molecule has 1 aromatic carbocycles. The second-order valence-electron chi connectivity index (χ2n) is 4.78. The van der Waals surface area contributed by atoms with Gasteiger partial charge < -0.3 is 10.1 Å². The molecule has 0 amide bonds. The molecule has 3 unspecified atom stereocenters. The average molecular weight is 233 g/mol. The van der Waals surface area contributed by atoms with E-state index < -0.39 is 0 Å². The van der Waals surface area contributed by atoms with Crippen molar-refractivity contribution < 1.29 is 4.74 Å². The van der Waals surface area contributed by atoms with Crippen LogP contribution in [0.25, 0.3) is 0 Å². The molecule has 2 nitrogen and oxygen atoms in total. The summed E-state index contributed by atoms with van der Waals surface area (Å²) in [6.07, 6.45) is 2.47. The number of hydrogen-bond acceptors (Lipinski definition) is 2. The molecule has 0 spiro atoms. The standard InChI is InChI=1S/C15H23NO/c1-4-11-13(10-14(11)16-3)12-8-6-7-9-15(12)17-5-2/h6-9,11,13-14,16H,4-5,10H2,1-3H3. The summed E-state index contributed by atoms with van der Waals surface area (Å²) in [4.78, 5) is 0. The smallest absolute Gasteiger partial charge is 0.122 e. The molecular weight excluding hydrogens is 210 g/mol. The molecular formula is C15H23NO. The Morgan fingerprint density at radius 1 is 1.29 bits per heavy atom. The van der Waals surface area contributed by atoms with Crippen molar-refractivity contribution in [1.29, 1.82) is 0 Å². The van der Waals surface area contributed by atoms with E-state index in [1.165, 1.54) is 18.4 Å². The zero-order valence-corrected chi connectivity index (χ0v) is 11.1. The summed E-state index contributed by atoms with van der Waals surface area (Å²) < 4.78 is 5.74. The molecule has 17 heavy (non-hydrogen) atoms. The van der Waals surface area contributed by atoms with Gasteiger partial charge in [0.1, 0.15) is 5.75 Å². The van der Waals surface area contributed by atoms with Gasteiger partial charge in [0.05, 0.1) is 6.61 Å². The number of hydrogen-bond donors (Lipinski definition) is 1. The maximum Gasteiger partial charge on any atom is 0.122 e. The van der Waals surface area contributed by atoms with Gasteiger partial charge in [0.2, 0.25) is 0 Å². The van der Waals surface area contributed by atoms with E-state index in [1.807, 2.05) is 6.92 Å². The lowest BCUT2D eigenvalue weighted by atomic mass is 9.65. The molecule has 1 aliphatic carbocycles. The molecule has 0 aliphatic heterocycles. The van der Waals surface area contributed by atoms with Crippen molar-refractivity contribution >= 4 is 0 Å². The third kappa shape index (κ3) is 2.32. The Kier molecular flexibility index (Phi) is 4.06. The van der Waals surface area contributed by atoms with Crippen LogP contribution in [0.1, 0.15) is 38.2 Å². The molecule has 0 bridgehead atoms. The Labute approximate surface area is 104 Å². The van der Waals surface area contributed by atoms with Gasteiger partial charge in [-0.1, -0.05) is 31.5 Å². The Hall–Kier alpha value is -1.02. The van der Waals surface area contributed by atoms with E-state index in [4.69, 9.17) is 4.74 Å². The number of rotatable bonds is 5. The summed E-state index contributed by atoms with van der Waals surface area (Å²) in [6.45, 7) is 5.08. The normalized spacial score (nSPS) is 27.6. The summed E-state index contributed by atoms with van der Waals surface area (Å²) in [5.41, 5.74) is 1.40. The largest absolute Gasteiger partial charge is 0.494 e. The number of ether oxygens (including phenoxy) is 1. The summed E-state index contributed by atoms with van der Waals surface area (Å²) in [7, 11) is 2.07. The van der Waals surface area contributed by atoms with Gasteiger partial charge in [-0.15, -0.1) is 0 Å². The van der Waals surface area contributed by atoms with Gasteiger partial charge in [-0.3, -0.25) is 0 Å². The van der Waals surface area contributed by atoms with Crippen molar-refractivity contribution in [2.24, 2.45) is 5.92 Å². The van der Waals surface area contributed by atoms with E-state index in [-0.39, 0.29) is 0 Å². The topological polar surface area (TPSA) is 21.3 Å². The van der Waals surface area contributed by atoms with Crippen molar-refractivity contribution in [3.63, 3.8) is 0 Å². The Bertz CT molecular complexity index is 364. The molecule has 94 valence electrons. The fraction of sp³-hybridized carbons (Fsp3) is 0.600. The van der Waals surface area contributed by atoms with Crippen LogP contribution in [0.5, 0.6) is 5.75 Å². The van der Waals surface area contributed by atoms with Crippen LogP contribution in [-0.4, -0.2) is 19.7 Å². The summed E-state index contributed by atoms with van der Waals surface area (Å²) >= 11 is 0. The minimum atomic E-state index is 0.667. The fourth-order valence-electron chi connectivity index (χ4n) is 3.04. The van der Waals surface area contributed by atoms with Crippen LogP contribution < -0.4 is 10.1 Å². The van der Waals surface area contributed by atoms with E-state index in [9.17, 15) is 0 Å². The number of benzene rings is 1. The molecule has 0 saturated heterocycles. The molecule has 0 heterocycles. The first-order valence-electron chi connectivity index (χ1n) is 6.70. The molecule has 1 aromatic rings. The maximum absolute atomic E-state index is 5.74. The van der Waals surface area contributed by atoms with Crippen molar-refractivity contribution in [3.8, 4) is 5.75 Å². The predicted octanol–water partition coefficient (Wildman–Crippen LogP) is 3.19. The zero-order valence-electron chi connectivity index (χ0n) is 11.1. The van der Waals surface area contributed by atoms with Gasteiger partial charge in [-0.2, -0.15) is 0 Å². The van der Waals surface area contributed by atoms with Gasteiger partial charge in [0.15, 0.2) is 0 Å². The second-order valence-corrected chi connectivity index (χ2v) is 4.78. The molecule has 1 saturated carbocycles. The van der Waals surface area contributed by atoms with Crippen LogP contribution in [0.15, 0.2) is 24.3 Å². The molecule has 0 radical (unpaired) electrons.